The number of aromatic nitrogens is 1. The fourth-order valence-electron chi connectivity index (χ4n) is 3.57. The van der Waals surface area contributed by atoms with Crippen molar-refractivity contribution < 1.29 is 18.8 Å². The molecule has 138 valence electrons. The first-order valence-corrected chi connectivity index (χ1v) is 9.06. The second-order valence-corrected chi connectivity index (χ2v) is 6.76. The van der Waals surface area contributed by atoms with Crippen LogP contribution in [0.15, 0.2) is 28.8 Å². The average molecular weight is 357 g/mol. The van der Waals surface area contributed by atoms with Gasteiger partial charge in [-0.05, 0) is 44.0 Å². The van der Waals surface area contributed by atoms with Crippen LogP contribution in [0.4, 0.5) is 5.82 Å². The highest BCUT2D eigenvalue weighted by Gasteiger charge is 2.28. The molecule has 7 heteroatoms. The van der Waals surface area contributed by atoms with Crippen LogP contribution in [0.1, 0.15) is 36.6 Å². The van der Waals surface area contributed by atoms with Crippen LogP contribution in [0.5, 0.6) is 11.5 Å². The van der Waals surface area contributed by atoms with Gasteiger partial charge in [-0.15, -0.1) is 0 Å². The third kappa shape index (κ3) is 3.67. The average Bonchev–Trinajstić information content (AvgIpc) is 3.17. The lowest BCUT2D eigenvalue weighted by Crippen LogP contribution is -2.33. The topological polar surface area (TPSA) is 76.8 Å². The van der Waals surface area contributed by atoms with Gasteiger partial charge in [0, 0.05) is 18.5 Å². The van der Waals surface area contributed by atoms with Crippen LogP contribution < -0.4 is 14.8 Å². The van der Waals surface area contributed by atoms with Crippen LogP contribution in [0.25, 0.3) is 0 Å². The molecule has 26 heavy (non-hydrogen) atoms. The third-order valence-corrected chi connectivity index (χ3v) is 4.76. The predicted octanol–water partition coefficient (Wildman–Crippen LogP) is 2.92. The molecule has 0 radical (unpaired) electrons. The summed E-state index contributed by atoms with van der Waals surface area (Å²) in [5.41, 5.74) is 1.16. The lowest BCUT2D eigenvalue weighted by molar-refractivity contribution is -0.117. The molecule has 1 aromatic carbocycles. The molecule has 0 spiro atoms. The number of carbonyl (C=O) groups excluding carboxylic acids is 1. The molecule has 2 aliphatic rings. The summed E-state index contributed by atoms with van der Waals surface area (Å²) < 4.78 is 16.5. The molecule has 0 aliphatic carbocycles. The number of carbonyl (C=O) groups is 1. The molecule has 0 bridgehead atoms. The van der Waals surface area contributed by atoms with Crippen LogP contribution >= 0.6 is 0 Å². The summed E-state index contributed by atoms with van der Waals surface area (Å²) in [5, 5.41) is 6.60. The Morgan fingerprint density at radius 3 is 2.88 bits per heavy atom. The molecular weight excluding hydrogens is 334 g/mol. The Kier molecular flexibility index (Phi) is 4.79. The number of rotatable bonds is 4. The van der Waals surface area contributed by atoms with E-state index < -0.39 is 0 Å². The first kappa shape index (κ1) is 16.9. The van der Waals surface area contributed by atoms with Gasteiger partial charge < -0.3 is 19.3 Å². The summed E-state index contributed by atoms with van der Waals surface area (Å²) in [6, 6.07) is 8.03. The predicted molar refractivity (Wildman–Crippen MR) is 95.5 cm³/mol. The van der Waals surface area contributed by atoms with Crippen LogP contribution in [0, 0.1) is 6.92 Å². The number of anilines is 1. The maximum Gasteiger partial charge on any atom is 0.239 e. The van der Waals surface area contributed by atoms with Crippen LogP contribution in [0.3, 0.4) is 0 Å². The van der Waals surface area contributed by atoms with Crippen LogP contribution in [-0.4, -0.2) is 42.3 Å². The minimum absolute atomic E-state index is 0.0838. The Morgan fingerprint density at radius 1 is 1.23 bits per heavy atom. The maximum atomic E-state index is 12.4. The molecule has 1 aromatic heterocycles. The van der Waals surface area contributed by atoms with E-state index in [0.717, 1.165) is 42.9 Å². The van der Waals surface area contributed by atoms with Crippen molar-refractivity contribution in [2.75, 3.05) is 31.6 Å². The van der Waals surface area contributed by atoms with Crippen molar-refractivity contribution in [3.8, 4) is 11.5 Å². The number of hydrogen-bond donors (Lipinski definition) is 1. The summed E-state index contributed by atoms with van der Waals surface area (Å²) in [7, 11) is 0. The van der Waals surface area contributed by atoms with Gasteiger partial charge in [0.1, 0.15) is 5.76 Å². The molecule has 2 aliphatic heterocycles. The quantitative estimate of drug-likeness (QED) is 0.907. The number of nitrogens with zero attached hydrogens (tertiary/aromatic N) is 2. The molecule has 3 heterocycles. The van der Waals surface area contributed by atoms with E-state index in [1.165, 1.54) is 0 Å². The van der Waals surface area contributed by atoms with E-state index in [-0.39, 0.29) is 11.9 Å². The number of hydrogen-bond acceptors (Lipinski definition) is 6. The molecular formula is C19H23N3O4. The Morgan fingerprint density at radius 2 is 2.08 bits per heavy atom. The van der Waals surface area contributed by atoms with Crippen molar-refractivity contribution in [2.45, 2.75) is 32.2 Å². The van der Waals surface area contributed by atoms with Crippen molar-refractivity contribution in [3.05, 3.63) is 35.6 Å². The number of benzene rings is 1. The molecule has 1 atom stereocenters. The van der Waals surface area contributed by atoms with E-state index in [9.17, 15) is 4.79 Å². The van der Waals surface area contributed by atoms with Gasteiger partial charge in [-0.3, -0.25) is 9.69 Å². The molecule has 0 unspecified atom stereocenters. The number of aryl methyl sites for hydroxylation is 1. The molecule has 1 fully saturated rings. The summed E-state index contributed by atoms with van der Waals surface area (Å²) in [5.74, 6) is 2.65. The first-order chi connectivity index (χ1) is 12.7. The lowest BCUT2D eigenvalue weighted by atomic mass is 10.0. The summed E-state index contributed by atoms with van der Waals surface area (Å²) in [6.07, 6.45) is 2.98. The zero-order valence-electron chi connectivity index (χ0n) is 14.9. The second-order valence-electron chi connectivity index (χ2n) is 6.76. The van der Waals surface area contributed by atoms with Crippen molar-refractivity contribution in [3.63, 3.8) is 0 Å². The molecule has 1 amide bonds. The van der Waals surface area contributed by atoms with Gasteiger partial charge in [-0.1, -0.05) is 11.2 Å². The Labute approximate surface area is 152 Å². The molecule has 4 rings (SSSR count). The summed E-state index contributed by atoms with van der Waals surface area (Å²) in [4.78, 5) is 14.5. The van der Waals surface area contributed by atoms with Crippen molar-refractivity contribution in [1.29, 1.82) is 0 Å². The fraction of sp³-hybridized carbons (Fsp3) is 0.474. The van der Waals surface area contributed by atoms with Crippen LogP contribution in [-0.2, 0) is 4.79 Å². The molecule has 1 saturated heterocycles. The Bertz CT molecular complexity index is 789. The number of ether oxygens (including phenoxy) is 2. The highest BCUT2D eigenvalue weighted by molar-refractivity contribution is 5.91. The van der Waals surface area contributed by atoms with Gasteiger partial charge in [-0.2, -0.15) is 0 Å². The molecule has 2 aromatic rings. The van der Waals surface area contributed by atoms with Gasteiger partial charge in [0.25, 0.3) is 0 Å². The van der Waals surface area contributed by atoms with Crippen molar-refractivity contribution in [1.82, 2.24) is 10.1 Å². The van der Waals surface area contributed by atoms with Crippen molar-refractivity contribution in [2.24, 2.45) is 0 Å². The second kappa shape index (κ2) is 7.37. The van der Waals surface area contributed by atoms with Gasteiger partial charge in [0.15, 0.2) is 17.3 Å². The molecule has 0 saturated carbocycles. The SMILES string of the molecule is Cc1cc(NC(=O)CN2CCC[C@@H]2c2ccc3c(c2)OCCCO3)no1. The lowest BCUT2D eigenvalue weighted by Gasteiger charge is -2.24. The number of likely N-dealkylation sites (tertiary alicyclic amines) is 1. The molecule has 1 N–H and O–H groups in total. The maximum absolute atomic E-state index is 12.4. The van der Waals surface area contributed by atoms with E-state index >= 15 is 0 Å². The number of amides is 1. The van der Waals surface area contributed by atoms with E-state index in [1.807, 2.05) is 6.07 Å². The van der Waals surface area contributed by atoms with Crippen LogP contribution in [0.2, 0.25) is 0 Å². The third-order valence-electron chi connectivity index (χ3n) is 4.76. The molecule has 7 nitrogen and oxygen atoms in total. The Balaban J connectivity index is 1.44. The standard InChI is InChI=1S/C19H23N3O4/c1-13-10-18(21-26-13)20-19(23)12-22-7-2-4-15(22)14-5-6-16-17(11-14)25-9-3-8-24-16/h5-6,10-11,15H,2-4,7-9,12H2,1H3,(H,20,21,23)/t15-/m1/s1. The first-order valence-electron chi connectivity index (χ1n) is 9.06. The smallest absolute Gasteiger partial charge is 0.239 e. The monoisotopic (exact) mass is 357 g/mol. The van der Waals surface area contributed by atoms with Gasteiger partial charge in [-0.25, -0.2) is 0 Å². The fourth-order valence-corrected chi connectivity index (χ4v) is 3.57. The minimum Gasteiger partial charge on any atom is -0.490 e. The van der Waals surface area contributed by atoms with E-state index in [1.54, 1.807) is 13.0 Å². The highest BCUT2D eigenvalue weighted by Crippen LogP contribution is 2.37. The van der Waals surface area contributed by atoms with Gasteiger partial charge >= 0.3 is 0 Å². The van der Waals surface area contributed by atoms with Gasteiger partial charge in [0.05, 0.1) is 19.8 Å². The summed E-state index contributed by atoms with van der Waals surface area (Å²) in [6.45, 7) is 4.37. The van der Waals surface area contributed by atoms with E-state index in [4.69, 9.17) is 14.0 Å². The van der Waals surface area contributed by atoms with E-state index in [0.29, 0.717) is 31.3 Å². The van der Waals surface area contributed by atoms with Gasteiger partial charge in [0.2, 0.25) is 5.91 Å². The Hall–Kier alpha value is -2.54. The van der Waals surface area contributed by atoms with Crippen molar-refractivity contribution >= 4 is 11.7 Å². The largest absolute Gasteiger partial charge is 0.490 e. The minimum atomic E-state index is -0.0838. The normalized spacial score (nSPS) is 20.0. The number of nitrogens with one attached hydrogen (secondary N) is 1. The number of fused-ring (bicyclic) bond motifs is 1. The van der Waals surface area contributed by atoms with E-state index in [2.05, 4.69) is 27.5 Å². The zero-order chi connectivity index (χ0) is 17.9. The zero-order valence-corrected chi connectivity index (χ0v) is 14.9. The summed E-state index contributed by atoms with van der Waals surface area (Å²) >= 11 is 0. The highest BCUT2D eigenvalue weighted by atomic mass is 16.5.